The van der Waals surface area contributed by atoms with Gasteiger partial charge < -0.3 is 0 Å². The Morgan fingerprint density at radius 2 is 2.30 bits per heavy atom. The number of terminal acetylenes is 1. The summed E-state index contributed by atoms with van der Waals surface area (Å²) < 4.78 is 4.06. The van der Waals surface area contributed by atoms with Crippen molar-refractivity contribution in [1.82, 2.24) is 0 Å². The monoisotopic (exact) mass is 243 g/mol. The molecule has 0 fully saturated rings. The summed E-state index contributed by atoms with van der Waals surface area (Å²) >= 11 is -0.159. The summed E-state index contributed by atoms with van der Waals surface area (Å²) in [6, 6.07) is 8.40. The van der Waals surface area contributed by atoms with E-state index in [4.69, 9.17) is 6.42 Å². The summed E-state index contributed by atoms with van der Waals surface area (Å²) in [5, 5.41) is 0. The number of aryl methyl sites for hydroxylation is 1. The molecular weight excluding hydrogens is 235 g/mol. The molecule has 0 N–H and O–H groups in total. The van der Waals surface area contributed by atoms with E-state index in [0.29, 0.717) is 0 Å². The number of hydrogen-bond acceptors (Lipinski definition) is 0. The van der Waals surface area contributed by atoms with E-state index in [1.54, 1.807) is 0 Å². The van der Waals surface area contributed by atoms with Gasteiger partial charge in [0.25, 0.3) is 0 Å². The zero-order valence-corrected chi connectivity index (χ0v) is 7.92. The molecule has 1 rings (SSSR count). The van der Waals surface area contributed by atoms with Gasteiger partial charge in [0, 0.05) is 0 Å². The fraction of sp³-hybridized carbons (Fsp3) is 0.111. The molecule has 0 bridgehead atoms. The van der Waals surface area contributed by atoms with Crippen LogP contribution in [0.25, 0.3) is 0 Å². The standard InChI is InChI=1S/C9H8I/c1-3-10-9-6-4-5-8(2)7-9/h1,4-7H,2H3/q-1. The number of benzene rings is 1. The Bertz CT molecular complexity index is 258. The van der Waals surface area contributed by atoms with E-state index in [9.17, 15) is 0 Å². The molecule has 0 aromatic heterocycles. The minimum atomic E-state index is -0.159. The van der Waals surface area contributed by atoms with Gasteiger partial charge in [-0.15, -0.1) is 0 Å². The molecule has 0 heterocycles. The third-order valence-electron chi connectivity index (χ3n) is 1.14. The summed E-state index contributed by atoms with van der Waals surface area (Å²) in [5.74, 6) is 0. The van der Waals surface area contributed by atoms with Crippen molar-refractivity contribution < 1.29 is 21.2 Å². The van der Waals surface area contributed by atoms with Crippen LogP contribution in [-0.4, -0.2) is 0 Å². The van der Waals surface area contributed by atoms with Crippen LogP contribution in [-0.2, 0) is 0 Å². The Hall–Kier alpha value is -0.490. The first kappa shape index (κ1) is 7.62. The second-order valence-corrected chi connectivity index (χ2v) is 4.41. The number of rotatable bonds is 1. The maximum absolute atomic E-state index is 5.21. The van der Waals surface area contributed by atoms with Crippen molar-refractivity contribution in [3.05, 3.63) is 33.4 Å². The van der Waals surface area contributed by atoms with Crippen LogP contribution in [0, 0.1) is 20.8 Å². The van der Waals surface area contributed by atoms with Crippen LogP contribution in [0.2, 0.25) is 0 Å². The van der Waals surface area contributed by atoms with E-state index in [0.717, 1.165) is 0 Å². The first-order valence-electron chi connectivity index (χ1n) is 2.99. The van der Waals surface area contributed by atoms with Crippen LogP contribution in [0.1, 0.15) is 5.56 Å². The Morgan fingerprint density at radius 3 is 2.90 bits per heavy atom. The molecule has 0 radical (unpaired) electrons. The van der Waals surface area contributed by atoms with Crippen molar-refractivity contribution in [2.75, 3.05) is 0 Å². The van der Waals surface area contributed by atoms with Crippen LogP contribution >= 0.6 is 0 Å². The van der Waals surface area contributed by atoms with Crippen LogP contribution in [0.3, 0.4) is 0 Å². The van der Waals surface area contributed by atoms with E-state index in [2.05, 4.69) is 35.1 Å². The first-order valence-corrected chi connectivity index (χ1v) is 5.15. The van der Waals surface area contributed by atoms with Gasteiger partial charge in [-0.2, -0.15) is 0 Å². The van der Waals surface area contributed by atoms with Crippen LogP contribution in [0.15, 0.2) is 24.3 Å². The first-order chi connectivity index (χ1) is 4.83. The third-order valence-corrected chi connectivity index (χ3v) is 2.75. The molecule has 52 valence electrons. The molecule has 1 aromatic rings. The molecule has 1 heteroatoms. The molecule has 0 aliphatic carbocycles. The second kappa shape index (κ2) is 3.62. The normalized spacial score (nSPS) is 9.20. The molecule has 0 nitrogen and oxygen atoms in total. The van der Waals surface area contributed by atoms with Gasteiger partial charge >= 0.3 is 71.9 Å². The van der Waals surface area contributed by atoms with E-state index in [-0.39, 0.29) is 21.2 Å². The molecule has 0 unspecified atom stereocenters. The fourth-order valence-electron chi connectivity index (χ4n) is 0.727. The quantitative estimate of drug-likeness (QED) is 0.431. The van der Waals surface area contributed by atoms with E-state index >= 15 is 0 Å². The average Bonchev–Trinajstić information content (AvgIpc) is 1.88. The van der Waals surface area contributed by atoms with Crippen LogP contribution < -0.4 is 21.2 Å². The van der Waals surface area contributed by atoms with Crippen molar-refractivity contribution in [3.63, 3.8) is 0 Å². The number of hydrogen-bond donors (Lipinski definition) is 0. The average molecular weight is 243 g/mol. The van der Waals surface area contributed by atoms with Gasteiger partial charge in [0.05, 0.1) is 0 Å². The Morgan fingerprint density at radius 1 is 1.50 bits per heavy atom. The molecule has 0 atom stereocenters. The maximum atomic E-state index is 5.21. The molecule has 10 heavy (non-hydrogen) atoms. The van der Waals surface area contributed by atoms with Gasteiger partial charge in [-0.3, -0.25) is 0 Å². The van der Waals surface area contributed by atoms with Crippen molar-refractivity contribution in [1.29, 1.82) is 0 Å². The summed E-state index contributed by atoms with van der Waals surface area (Å²) in [5.41, 5.74) is 1.30. The zero-order valence-electron chi connectivity index (χ0n) is 5.76. The minimum absolute atomic E-state index is 0.159. The molecule has 0 aliphatic rings. The zero-order chi connectivity index (χ0) is 7.40. The molecule has 0 saturated heterocycles. The summed E-state index contributed by atoms with van der Waals surface area (Å²) in [7, 11) is 0. The van der Waals surface area contributed by atoms with Crippen molar-refractivity contribution >= 4 is 0 Å². The summed E-state index contributed by atoms with van der Waals surface area (Å²) in [6.45, 7) is 2.09. The summed E-state index contributed by atoms with van der Waals surface area (Å²) in [4.78, 5) is 0. The van der Waals surface area contributed by atoms with Crippen molar-refractivity contribution in [2.24, 2.45) is 0 Å². The second-order valence-electron chi connectivity index (χ2n) is 2.00. The van der Waals surface area contributed by atoms with Gasteiger partial charge in [-0.05, 0) is 0 Å². The molecule has 0 spiro atoms. The topological polar surface area (TPSA) is 0 Å². The predicted octanol–water partition coefficient (Wildman–Crippen LogP) is -1.16. The van der Waals surface area contributed by atoms with Gasteiger partial charge in [-0.1, -0.05) is 0 Å². The molecule has 1 aromatic carbocycles. The van der Waals surface area contributed by atoms with Crippen molar-refractivity contribution in [3.8, 4) is 10.4 Å². The molecular formula is C9H8I-. The summed E-state index contributed by atoms with van der Waals surface area (Å²) in [6.07, 6.45) is 5.21. The fourth-order valence-corrected chi connectivity index (χ4v) is 2.12. The Labute approximate surface area is 71.9 Å². The van der Waals surface area contributed by atoms with E-state index in [1.165, 1.54) is 9.13 Å². The molecule has 0 saturated carbocycles. The van der Waals surface area contributed by atoms with Gasteiger partial charge in [0.2, 0.25) is 0 Å². The van der Waals surface area contributed by atoms with Crippen LogP contribution in [0.4, 0.5) is 0 Å². The Kier molecular flexibility index (Phi) is 2.76. The number of halogens is 1. The van der Waals surface area contributed by atoms with Crippen molar-refractivity contribution in [2.45, 2.75) is 6.92 Å². The predicted molar refractivity (Wildman–Crippen MR) is 38.7 cm³/mol. The van der Waals surface area contributed by atoms with E-state index < -0.39 is 0 Å². The van der Waals surface area contributed by atoms with Gasteiger partial charge in [-0.25, -0.2) is 0 Å². The molecule has 0 amide bonds. The van der Waals surface area contributed by atoms with E-state index in [1.807, 2.05) is 0 Å². The molecule has 0 aliphatic heterocycles. The van der Waals surface area contributed by atoms with Gasteiger partial charge in [0.1, 0.15) is 0 Å². The Balaban J connectivity index is 2.87. The van der Waals surface area contributed by atoms with Crippen LogP contribution in [0.5, 0.6) is 0 Å². The SMILES string of the molecule is C#C[I-]c1cccc(C)c1. The third kappa shape index (κ3) is 2.03. The van der Waals surface area contributed by atoms with Gasteiger partial charge in [0.15, 0.2) is 0 Å².